The van der Waals surface area contributed by atoms with Crippen LogP contribution in [0.3, 0.4) is 0 Å². The summed E-state index contributed by atoms with van der Waals surface area (Å²) >= 11 is 0. The molecular formula is C49H93NO7P+. The second kappa shape index (κ2) is 42.2. The number of likely N-dealkylation sites (N-methyl/N-ethyl adjacent to an activating group) is 1. The van der Waals surface area contributed by atoms with Crippen LogP contribution >= 0.6 is 7.82 Å². The molecule has 0 fully saturated rings. The zero-order chi connectivity index (χ0) is 42.7. The maximum Gasteiger partial charge on any atom is 0.472 e. The summed E-state index contributed by atoms with van der Waals surface area (Å²) in [5.74, 6) is -0.323. The molecule has 0 radical (unpaired) electrons. The van der Waals surface area contributed by atoms with E-state index in [0.717, 1.165) is 70.6 Å². The zero-order valence-electron chi connectivity index (χ0n) is 38.5. The van der Waals surface area contributed by atoms with Crippen molar-refractivity contribution < 1.29 is 37.3 Å². The summed E-state index contributed by atoms with van der Waals surface area (Å²) in [7, 11) is 1.65. The third-order valence-electron chi connectivity index (χ3n) is 10.2. The molecule has 1 N–H and O–H groups in total. The predicted octanol–water partition coefficient (Wildman–Crippen LogP) is 14.3. The normalized spacial score (nSPS) is 14.1. The van der Waals surface area contributed by atoms with Crippen LogP contribution in [0.4, 0.5) is 0 Å². The molecular weight excluding hydrogens is 746 g/mol. The molecule has 0 saturated heterocycles. The average Bonchev–Trinajstić information content (AvgIpc) is 3.18. The lowest BCUT2D eigenvalue weighted by molar-refractivity contribution is -0.870. The van der Waals surface area contributed by atoms with Crippen molar-refractivity contribution in [3.63, 3.8) is 0 Å². The van der Waals surface area contributed by atoms with Crippen LogP contribution in [-0.4, -0.2) is 75.6 Å². The third-order valence-corrected chi connectivity index (χ3v) is 11.1. The molecule has 2 atom stereocenters. The number of ether oxygens (including phenoxy) is 2. The van der Waals surface area contributed by atoms with E-state index in [1.165, 1.54) is 109 Å². The molecule has 0 bridgehead atoms. The molecule has 0 aromatic carbocycles. The molecule has 9 heteroatoms. The van der Waals surface area contributed by atoms with Crippen LogP contribution in [0.5, 0.6) is 0 Å². The number of esters is 1. The van der Waals surface area contributed by atoms with Gasteiger partial charge in [0.15, 0.2) is 0 Å². The Morgan fingerprint density at radius 2 is 1.00 bits per heavy atom. The molecule has 0 spiro atoms. The smallest absolute Gasteiger partial charge is 0.457 e. The van der Waals surface area contributed by atoms with Gasteiger partial charge in [0.05, 0.1) is 34.4 Å². The fourth-order valence-electron chi connectivity index (χ4n) is 6.49. The van der Waals surface area contributed by atoms with Gasteiger partial charge in [-0.15, -0.1) is 0 Å². The highest BCUT2D eigenvalue weighted by Gasteiger charge is 2.26. The molecule has 340 valence electrons. The highest BCUT2D eigenvalue weighted by molar-refractivity contribution is 7.47. The van der Waals surface area contributed by atoms with Crippen molar-refractivity contribution in [3.8, 4) is 0 Å². The fourth-order valence-corrected chi connectivity index (χ4v) is 7.23. The van der Waals surface area contributed by atoms with Gasteiger partial charge in [0.25, 0.3) is 0 Å². The average molecular weight is 839 g/mol. The van der Waals surface area contributed by atoms with Gasteiger partial charge in [0, 0.05) is 13.0 Å². The number of phosphoric ester groups is 1. The van der Waals surface area contributed by atoms with Crippen LogP contribution in [0, 0.1) is 0 Å². The van der Waals surface area contributed by atoms with Crippen molar-refractivity contribution in [2.45, 2.75) is 206 Å². The first-order valence-corrected chi connectivity index (χ1v) is 25.4. The van der Waals surface area contributed by atoms with Crippen LogP contribution in [0.2, 0.25) is 0 Å². The van der Waals surface area contributed by atoms with Gasteiger partial charge in [-0.3, -0.25) is 13.8 Å². The first kappa shape index (κ1) is 56.5. The fraction of sp³-hybridized carbons (Fsp3) is 0.816. The SMILES string of the molecule is CC/C=C\C/C=C\C/C=C\C/C=C\CCCCCOCC(COP(=O)(O)OCC[N+](C)(C)C)OC(=O)CCCCCCCCCCCCCCCCCCCCCC. The molecule has 0 rings (SSSR count). The van der Waals surface area contributed by atoms with E-state index in [-0.39, 0.29) is 25.8 Å². The quantitative estimate of drug-likeness (QED) is 0.0215. The Morgan fingerprint density at radius 1 is 0.552 bits per heavy atom. The molecule has 0 aromatic rings. The molecule has 8 nitrogen and oxygen atoms in total. The Hall–Kier alpha value is -1.54. The van der Waals surface area contributed by atoms with Crippen molar-refractivity contribution in [2.24, 2.45) is 0 Å². The summed E-state index contributed by atoms with van der Waals surface area (Å²) in [5.41, 5.74) is 0. The van der Waals surface area contributed by atoms with Crippen molar-refractivity contribution >= 4 is 13.8 Å². The third kappa shape index (κ3) is 45.5. The van der Waals surface area contributed by atoms with Gasteiger partial charge in [-0.25, -0.2) is 4.57 Å². The number of hydrogen-bond acceptors (Lipinski definition) is 6. The summed E-state index contributed by atoms with van der Waals surface area (Å²) in [6.45, 7) is 5.45. The van der Waals surface area contributed by atoms with Gasteiger partial charge in [-0.1, -0.05) is 191 Å². The van der Waals surface area contributed by atoms with Gasteiger partial charge < -0.3 is 18.9 Å². The highest BCUT2D eigenvalue weighted by atomic mass is 31.2. The van der Waals surface area contributed by atoms with E-state index in [1.54, 1.807) is 0 Å². The van der Waals surface area contributed by atoms with E-state index >= 15 is 0 Å². The first-order valence-electron chi connectivity index (χ1n) is 23.9. The van der Waals surface area contributed by atoms with E-state index in [9.17, 15) is 14.3 Å². The molecule has 0 aromatic heterocycles. The summed E-state index contributed by atoms with van der Waals surface area (Å²) in [5, 5.41) is 0. The largest absolute Gasteiger partial charge is 0.472 e. The zero-order valence-corrected chi connectivity index (χ0v) is 39.4. The number of carbonyl (C=O) groups is 1. The van der Waals surface area contributed by atoms with Crippen molar-refractivity contribution in [1.82, 2.24) is 0 Å². The predicted molar refractivity (Wildman–Crippen MR) is 247 cm³/mol. The lowest BCUT2D eigenvalue weighted by atomic mass is 10.0. The van der Waals surface area contributed by atoms with E-state index in [0.29, 0.717) is 24.1 Å². The number of rotatable bonds is 44. The lowest BCUT2D eigenvalue weighted by Crippen LogP contribution is -2.37. The van der Waals surface area contributed by atoms with Crippen LogP contribution in [0.15, 0.2) is 48.6 Å². The number of carbonyl (C=O) groups excluding carboxylic acids is 1. The second-order valence-electron chi connectivity index (χ2n) is 17.1. The maximum atomic E-state index is 12.7. The van der Waals surface area contributed by atoms with E-state index < -0.39 is 13.9 Å². The Balaban J connectivity index is 4.20. The summed E-state index contributed by atoms with van der Waals surface area (Å²) in [4.78, 5) is 22.9. The van der Waals surface area contributed by atoms with Gasteiger partial charge in [0.1, 0.15) is 19.3 Å². The van der Waals surface area contributed by atoms with Crippen molar-refractivity contribution in [3.05, 3.63) is 48.6 Å². The monoisotopic (exact) mass is 839 g/mol. The lowest BCUT2D eigenvalue weighted by Gasteiger charge is -2.24. The van der Waals surface area contributed by atoms with Crippen molar-refractivity contribution in [1.29, 1.82) is 0 Å². The molecule has 2 unspecified atom stereocenters. The molecule has 0 aliphatic rings. The Kier molecular flexibility index (Phi) is 41.0. The molecule has 0 amide bonds. The minimum Gasteiger partial charge on any atom is -0.457 e. The molecule has 0 saturated carbocycles. The van der Waals surface area contributed by atoms with Crippen LogP contribution in [-0.2, 0) is 27.9 Å². The molecule has 0 aliphatic heterocycles. The standard InChI is InChI=1S/C49H92NO7P/c1-6-8-10-12-14-16-18-20-22-24-25-26-27-28-30-32-34-36-38-40-42-49(51)57-48(47-56-58(52,53)55-45-43-50(3,4)5)46-54-44-41-39-37-35-33-31-29-23-21-19-17-15-13-11-9-7-2/h9,11,15,17,21,23,31,33,48H,6-8,10,12-14,16,18-20,22,24-30,32,34-47H2,1-5H3/p+1/b11-9-,17-15-,23-21-,33-31-. The number of nitrogens with zero attached hydrogens (tertiary/aromatic N) is 1. The summed E-state index contributed by atoms with van der Waals surface area (Å²) < 4.78 is 35.0. The van der Waals surface area contributed by atoms with Gasteiger partial charge in [-0.05, 0) is 51.4 Å². The maximum absolute atomic E-state index is 12.7. The number of allylic oxidation sites excluding steroid dienone is 8. The summed E-state index contributed by atoms with van der Waals surface area (Å²) in [6.07, 6.45) is 51.6. The van der Waals surface area contributed by atoms with Gasteiger partial charge in [0.2, 0.25) is 0 Å². The van der Waals surface area contributed by atoms with Crippen LogP contribution in [0.1, 0.15) is 200 Å². The Labute approximate surface area is 358 Å². The van der Waals surface area contributed by atoms with E-state index in [1.807, 2.05) is 21.1 Å². The van der Waals surface area contributed by atoms with Gasteiger partial charge >= 0.3 is 13.8 Å². The Morgan fingerprint density at radius 3 is 1.48 bits per heavy atom. The topological polar surface area (TPSA) is 91.3 Å². The number of unbranched alkanes of at least 4 members (excludes halogenated alkanes) is 22. The molecule has 0 heterocycles. The van der Waals surface area contributed by atoms with Crippen LogP contribution in [0.25, 0.3) is 0 Å². The van der Waals surface area contributed by atoms with E-state index in [4.69, 9.17) is 18.5 Å². The number of hydrogen-bond donors (Lipinski definition) is 1. The minimum atomic E-state index is -4.29. The van der Waals surface area contributed by atoms with E-state index in [2.05, 4.69) is 62.5 Å². The minimum absolute atomic E-state index is 0.0819. The molecule has 0 aliphatic carbocycles. The second-order valence-corrected chi connectivity index (χ2v) is 18.6. The number of quaternary nitrogens is 1. The Bertz CT molecular complexity index is 1070. The first-order chi connectivity index (χ1) is 28.1. The highest BCUT2D eigenvalue weighted by Crippen LogP contribution is 2.43. The summed E-state index contributed by atoms with van der Waals surface area (Å²) in [6, 6.07) is 0. The van der Waals surface area contributed by atoms with Crippen molar-refractivity contribution in [2.75, 3.05) is 54.1 Å². The van der Waals surface area contributed by atoms with Gasteiger partial charge in [-0.2, -0.15) is 0 Å². The molecule has 58 heavy (non-hydrogen) atoms. The number of phosphoric acid groups is 1. The van der Waals surface area contributed by atoms with Crippen LogP contribution < -0.4 is 0 Å².